The van der Waals surface area contributed by atoms with Crippen LogP contribution < -0.4 is 10.2 Å². The maximum absolute atomic E-state index is 12.0. The molecule has 2 aliphatic heterocycles. The van der Waals surface area contributed by atoms with E-state index in [1.807, 2.05) is 17.5 Å². The molecule has 2 aliphatic rings. The van der Waals surface area contributed by atoms with E-state index in [0.717, 1.165) is 31.7 Å². The van der Waals surface area contributed by atoms with Gasteiger partial charge in [-0.15, -0.1) is 21.5 Å². The topological polar surface area (TPSA) is 76.6 Å². The van der Waals surface area contributed by atoms with Crippen molar-refractivity contribution < 1.29 is 14.3 Å². The molecular formula is C16H18N4O3S. The highest BCUT2D eigenvalue weighted by molar-refractivity contribution is 7.12. The molecule has 8 heteroatoms. The first-order valence-corrected chi connectivity index (χ1v) is 8.84. The van der Waals surface area contributed by atoms with Crippen molar-refractivity contribution in [2.75, 3.05) is 36.5 Å². The summed E-state index contributed by atoms with van der Waals surface area (Å²) < 4.78 is 11.5. The number of ether oxygens (including phenoxy) is 2. The highest BCUT2D eigenvalue weighted by Gasteiger charge is 2.40. The molecule has 0 atom stereocenters. The first-order valence-electron chi connectivity index (χ1n) is 7.96. The van der Waals surface area contributed by atoms with Crippen molar-refractivity contribution in [3.8, 4) is 0 Å². The number of piperidine rings is 1. The lowest BCUT2D eigenvalue weighted by Gasteiger charge is -2.37. The van der Waals surface area contributed by atoms with Crippen LogP contribution in [0.4, 0.5) is 11.6 Å². The molecule has 24 heavy (non-hydrogen) atoms. The van der Waals surface area contributed by atoms with Gasteiger partial charge in [-0.25, -0.2) is 0 Å². The van der Waals surface area contributed by atoms with E-state index in [0.29, 0.717) is 23.9 Å². The zero-order valence-corrected chi connectivity index (χ0v) is 13.9. The summed E-state index contributed by atoms with van der Waals surface area (Å²) in [5, 5.41) is 13.0. The Hall–Kier alpha value is -2.03. The molecule has 2 aromatic heterocycles. The Bertz CT molecular complexity index is 689. The Morgan fingerprint density at radius 3 is 2.58 bits per heavy atom. The second-order valence-electron chi connectivity index (χ2n) is 5.80. The standard InChI is InChI=1S/C16H18N4O3S/c21-15(12-2-1-11-24-12)17-13-3-4-14(19-18-13)20-7-5-16(6-8-20)22-9-10-23-16/h1-4,11H,5-10H2,(H,17,18,21). The molecule has 0 unspecified atom stereocenters. The van der Waals surface area contributed by atoms with Crippen molar-refractivity contribution in [3.05, 3.63) is 34.5 Å². The fraction of sp³-hybridized carbons (Fsp3) is 0.438. The molecule has 2 aromatic rings. The van der Waals surface area contributed by atoms with E-state index in [2.05, 4.69) is 20.4 Å². The summed E-state index contributed by atoms with van der Waals surface area (Å²) in [5.74, 6) is 0.700. The summed E-state index contributed by atoms with van der Waals surface area (Å²) in [6.07, 6.45) is 1.65. The van der Waals surface area contributed by atoms with Crippen LogP contribution in [0.5, 0.6) is 0 Å². The number of carbonyl (C=O) groups is 1. The summed E-state index contributed by atoms with van der Waals surface area (Å²) in [4.78, 5) is 14.8. The van der Waals surface area contributed by atoms with E-state index in [1.54, 1.807) is 12.1 Å². The monoisotopic (exact) mass is 346 g/mol. The second-order valence-corrected chi connectivity index (χ2v) is 6.75. The predicted molar refractivity (Wildman–Crippen MR) is 90.4 cm³/mol. The smallest absolute Gasteiger partial charge is 0.266 e. The number of carbonyl (C=O) groups excluding carboxylic acids is 1. The van der Waals surface area contributed by atoms with Gasteiger partial charge < -0.3 is 19.7 Å². The van der Waals surface area contributed by atoms with Crippen LogP contribution in [0.1, 0.15) is 22.5 Å². The molecule has 2 saturated heterocycles. The van der Waals surface area contributed by atoms with Crippen molar-refractivity contribution in [2.45, 2.75) is 18.6 Å². The number of hydrogen-bond donors (Lipinski definition) is 1. The molecular weight excluding hydrogens is 328 g/mol. The molecule has 7 nitrogen and oxygen atoms in total. The highest BCUT2D eigenvalue weighted by Crippen LogP contribution is 2.32. The SMILES string of the molecule is O=C(Nc1ccc(N2CCC3(CC2)OCCO3)nn1)c1cccs1. The minimum absolute atomic E-state index is 0.164. The van der Waals surface area contributed by atoms with Gasteiger partial charge in [-0.2, -0.15) is 0 Å². The van der Waals surface area contributed by atoms with E-state index in [4.69, 9.17) is 9.47 Å². The molecule has 2 fully saturated rings. The molecule has 0 radical (unpaired) electrons. The number of nitrogens with zero attached hydrogens (tertiary/aromatic N) is 3. The van der Waals surface area contributed by atoms with Gasteiger partial charge in [0.05, 0.1) is 18.1 Å². The molecule has 0 aliphatic carbocycles. The van der Waals surface area contributed by atoms with Gasteiger partial charge in [-0.3, -0.25) is 4.79 Å². The van der Waals surface area contributed by atoms with Gasteiger partial charge in [0.25, 0.3) is 5.91 Å². The van der Waals surface area contributed by atoms with Crippen molar-refractivity contribution in [1.29, 1.82) is 0 Å². The normalized spacial score (nSPS) is 19.6. The molecule has 4 heterocycles. The maximum Gasteiger partial charge on any atom is 0.266 e. The van der Waals surface area contributed by atoms with Gasteiger partial charge in [0, 0.05) is 25.9 Å². The van der Waals surface area contributed by atoms with Crippen molar-refractivity contribution in [3.63, 3.8) is 0 Å². The van der Waals surface area contributed by atoms with Gasteiger partial charge in [-0.05, 0) is 23.6 Å². The molecule has 1 N–H and O–H groups in total. The van der Waals surface area contributed by atoms with Crippen LogP contribution in [0, 0.1) is 0 Å². The van der Waals surface area contributed by atoms with Crippen molar-refractivity contribution in [1.82, 2.24) is 10.2 Å². The lowest BCUT2D eigenvalue weighted by atomic mass is 10.0. The van der Waals surface area contributed by atoms with Gasteiger partial charge in [0.1, 0.15) is 0 Å². The van der Waals surface area contributed by atoms with Gasteiger partial charge in [0.2, 0.25) is 0 Å². The van der Waals surface area contributed by atoms with Crippen molar-refractivity contribution in [2.24, 2.45) is 0 Å². The first kappa shape index (κ1) is 15.5. The summed E-state index contributed by atoms with van der Waals surface area (Å²) in [5.41, 5.74) is 0. The van der Waals surface area contributed by atoms with Gasteiger partial charge in [-0.1, -0.05) is 6.07 Å². The Morgan fingerprint density at radius 2 is 1.96 bits per heavy atom. The summed E-state index contributed by atoms with van der Waals surface area (Å²) in [6, 6.07) is 7.28. The van der Waals surface area contributed by atoms with Gasteiger partial charge >= 0.3 is 0 Å². The van der Waals surface area contributed by atoms with Crippen LogP contribution in [0.25, 0.3) is 0 Å². The first-order chi connectivity index (χ1) is 11.7. The third kappa shape index (κ3) is 3.12. The number of anilines is 2. The zero-order valence-electron chi connectivity index (χ0n) is 13.1. The number of hydrogen-bond acceptors (Lipinski definition) is 7. The number of amides is 1. The van der Waals surface area contributed by atoms with E-state index >= 15 is 0 Å². The fourth-order valence-electron chi connectivity index (χ4n) is 3.01. The number of thiophene rings is 1. The molecule has 1 amide bonds. The van der Waals surface area contributed by atoms with E-state index in [9.17, 15) is 4.79 Å². The average molecular weight is 346 g/mol. The minimum atomic E-state index is -0.390. The molecule has 0 bridgehead atoms. The summed E-state index contributed by atoms with van der Waals surface area (Å²) >= 11 is 1.39. The van der Waals surface area contributed by atoms with E-state index < -0.39 is 5.79 Å². The third-order valence-corrected chi connectivity index (χ3v) is 5.17. The molecule has 1 spiro atoms. The Labute approximate surface area is 143 Å². The number of rotatable bonds is 3. The summed E-state index contributed by atoms with van der Waals surface area (Å²) in [7, 11) is 0. The highest BCUT2D eigenvalue weighted by atomic mass is 32.1. The zero-order chi connectivity index (χ0) is 16.4. The Morgan fingerprint density at radius 1 is 1.17 bits per heavy atom. The van der Waals surface area contributed by atoms with Crippen LogP contribution in [0.15, 0.2) is 29.6 Å². The predicted octanol–water partition coefficient (Wildman–Crippen LogP) is 2.13. The number of aromatic nitrogens is 2. The lowest BCUT2D eigenvalue weighted by molar-refractivity contribution is -0.169. The molecule has 0 aromatic carbocycles. The summed E-state index contributed by atoms with van der Waals surface area (Å²) in [6.45, 7) is 2.99. The van der Waals surface area contributed by atoms with E-state index in [1.165, 1.54) is 11.3 Å². The quantitative estimate of drug-likeness (QED) is 0.917. The Kier molecular flexibility index (Phi) is 4.17. The van der Waals surface area contributed by atoms with Crippen LogP contribution in [0.2, 0.25) is 0 Å². The van der Waals surface area contributed by atoms with Crippen LogP contribution in [-0.2, 0) is 9.47 Å². The van der Waals surface area contributed by atoms with E-state index in [-0.39, 0.29) is 5.91 Å². The maximum atomic E-state index is 12.0. The van der Waals surface area contributed by atoms with Crippen LogP contribution in [0.3, 0.4) is 0 Å². The van der Waals surface area contributed by atoms with Gasteiger partial charge in [0.15, 0.2) is 17.4 Å². The molecule has 126 valence electrons. The second kappa shape index (κ2) is 6.46. The molecule has 0 saturated carbocycles. The van der Waals surface area contributed by atoms with Crippen LogP contribution >= 0.6 is 11.3 Å². The minimum Gasteiger partial charge on any atom is -0.355 e. The fourth-order valence-corrected chi connectivity index (χ4v) is 3.63. The third-order valence-electron chi connectivity index (χ3n) is 4.30. The Balaban J connectivity index is 1.37. The average Bonchev–Trinajstić information content (AvgIpc) is 3.29. The van der Waals surface area contributed by atoms with Crippen molar-refractivity contribution >= 4 is 28.9 Å². The molecule has 4 rings (SSSR count). The van der Waals surface area contributed by atoms with Crippen LogP contribution in [-0.4, -0.2) is 48.2 Å². The largest absolute Gasteiger partial charge is 0.355 e. The number of nitrogens with one attached hydrogen (secondary N) is 1. The lowest BCUT2D eigenvalue weighted by Crippen LogP contribution is -2.45.